The second-order valence-corrected chi connectivity index (χ2v) is 6.05. The van der Waals surface area contributed by atoms with Gasteiger partial charge in [-0.3, -0.25) is 4.79 Å². The smallest absolute Gasteiger partial charge is 0.263 e. The molecular formula is C13H22N2OS. The second kappa shape index (κ2) is 5.63. The maximum Gasteiger partial charge on any atom is 0.263 e. The minimum Gasteiger partial charge on any atom is -0.346 e. The fourth-order valence-electron chi connectivity index (χ4n) is 1.44. The number of nitrogens with one attached hydrogen (secondary N) is 1. The molecule has 1 aromatic heterocycles. The van der Waals surface area contributed by atoms with Crippen LogP contribution in [0.15, 0.2) is 0 Å². The van der Waals surface area contributed by atoms with E-state index in [9.17, 15) is 4.79 Å². The minimum absolute atomic E-state index is 0.00852. The predicted octanol–water partition coefficient (Wildman–Crippen LogP) is 3.32. The summed E-state index contributed by atoms with van der Waals surface area (Å²) in [6.45, 7) is 10.2. The summed E-state index contributed by atoms with van der Waals surface area (Å²) in [5.41, 5.74) is 0.696. The zero-order valence-corrected chi connectivity index (χ0v) is 12.2. The maximum atomic E-state index is 12.1. The Bertz CT molecular complexity index is 396. The summed E-state index contributed by atoms with van der Waals surface area (Å²) in [5.74, 6) is 0.00852. The van der Waals surface area contributed by atoms with Crippen molar-refractivity contribution in [2.24, 2.45) is 0 Å². The molecule has 0 saturated heterocycles. The molecule has 0 atom stereocenters. The van der Waals surface area contributed by atoms with Crippen molar-refractivity contribution in [1.82, 2.24) is 10.3 Å². The first-order valence-corrected chi connectivity index (χ1v) is 7.00. The minimum atomic E-state index is -0.154. The van der Waals surface area contributed by atoms with Crippen LogP contribution in [0.1, 0.15) is 60.9 Å². The van der Waals surface area contributed by atoms with E-state index in [-0.39, 0.29) is 11.4 Å². The van der Waals surface area contributed by atoms with Crippen molar-refractivity contribution < 1.29 is 4.79 Å². The molecule has 0 aliphatic rings. The van der Waals surface area contributed by atoms with E-state index in [0.29, 0.717) is 0 Å². The molecule has 0 spiro atoms. The van der Waals surface area contributed by atoms with E-state index in [4.69, 9.17) is 0 Å². The van der Waals surface area contributed by atoms with Gasteiger partial charge in [-0.2, -0.15) is 0 Å². The van der Waals surface area contributed by atoms with Gasteiger partial charge in [-0.25, -0.2) is 4.98 Å². The van der Waals surface area contributed by atoms with E-state index in [1.54, 1.807) is 0 Å². The van der Waals surface area contributed by atoms with Crippen molar-refractivity contribution in [2.45, 2.75) is 59.4 Å². The number of carbonyl (C=O) groups excluding carboxylic acids is 1. The molecule has 17 heavy (non-hydrogen) atoms. The summed E-state index contributed by atoms with van der Waals surface area (Å²) in [5, 5.41) is 4.11. The van der Waals surface area contributed by atoms with Crippen LogP contribution in [0.4, 0.5) is 0 Å². The second-order valence-electron chi connectivity index (χ2n) is 4.96. The molecule has 96 valence electrons. The van der Waals surface area contributed by atoms with Gasteiger partial charge in [0.2, 0.25) is 0 Å². The van der Waals surface area contributed by atoms with Crippen LogP contribution < -0.4 is 5.32 Å². The van der Waals surface area contributed by atoms with Gasteiger partial charge in [0, 0.05) is 5.54 Å². The van der Waals surface area contributed by atoms with Crippen molar-refractivity contribution in [1.29, 1.82) is 0 Å². The van der Waals surface area contributed by atoms with Crippen molar-refractivity contribution in [2.75, 3.05) is 0 Å². The van der Waals surface area contributed by atoms with E-state index in [0.717, 1.165) is 34.8 Å². The number of hydrogen-bond acceptors (Lipinski definition) is 3. The number of amides is 1. The highest BCUT2D eigenvalue weighted by atomic mass is 32.1. The van der Waals surface area contributed by atoms with Crippen LogP contribution in [-0.2, 0) is 6.42 Å². The van der Waals surface area contributed by atoms with Crippen LogP contribution in [0.25, 0.3) is 0 Å². The van der Waals surface area contributed by atoms with Crippen molar-refractivity contribution in [3.05, 3.63) is 15.6 Å². The molecule has 1 aromatic rings. The number of aryl methyl sites for hydroxylation is 2. The van der Waals surface area contributed by atoms with Crippen LogP contribution in [0.2, 0.25) is 0 Å². The molecule has 1 amide bonds. The fraction of sp³-hybridized carbons (Fsp3) is 0.692. The third-order valence-corrected chi connectivity index (χ3v) is 4.06. The predicted molar refractivity (Wildman–Crippen MR) is 72.7 cm³/mol. The third-order valence-electron chi connectivity index (χ3n) is 2.85. The van der Waals surface area contributed by atoms with Crippen molar-refractivity contribution >= 4 is 17.2 Å². The molecule has 0 unspecified atom stereocenters. The fourth-order valence-corrected chi connectivity index (χ4v) is 2.50. The summed E-state index contributed by atoms with van der Waals surface area (Å²) in [4.78, 5) is 17.3. The van der Waals surface area contributed by atoms with E-state index in [1.165, 1.54) is 11.3 Å². The maximum absolute atomic E-state index is 12.1. The topological polar surface area (TPSA) is 42.0 Å². The lowest BCUT2D eigenvalue weighted by Gasteiger charge is -2.24. The van der Waals surface area contributed by atoms with E-state index in [1.807, 2.05) is 20.8 Å². The molecule has 1 N–H and O–H groups in total. The molecule has 0 aliphatic carbocycles. The van der Waals surface area contributed by atoms with Crippen LogP contribution in [-0.4, -0.2) is 16.4 Å². The van der Waals surface area contributed by atoms with Crippen LogP contribution in [0.3, 0.4) is 0 Å². The number of carbonyl (C=O) groups is 1. The first-order chi connectivity index (χ1) is 7.89. The molecule has 4 heteroatoms. The molecule has 0 aromatic carbocycles. The number of nitrogens with zero attached hydrogens (tertiary/aromatic N) is 1. The molecule has 0 saturated carbocycles. The molecule has 0 aliphatic heterocycles. The zero-order valence-electron chi connectivity index (χ0n) is 11.4. The molecule has 0 radical (unpaired) electrons. The Balaban J connectivity index is 2.82. The average Bonchev–Trinajstić information content (AvgIpc) is 2.60. The molecule has 0 fully saturated rings. The molecule has 1 heterocycles. The SMILES string of the molecule is CCCc1nc(C)c(C(=O)NC(C)(C)CC)s1. The van der Waals surface area contributed by atoms with E-state index >= 15 is 0 Å². The number of hydrogen-bond donors (Lipinski definition) is 1. The Morgan fingerprint density at radius 2 is 2.06 bits per heavy atom. The summed E-state index contributed by atoms with van der Waals surface area (Å²) < 4.78 is 0. The van der Waals surface area contributed by atoms with Gasteiger partial charge in [0.1, 0.15) is 4.88 Å². The van der Waals surface area contributed by atoms with Gasteiger partial charge in [0.25, 0.3) is 5.91 Å². The van der Waals surface area contributed by atoms with Gasteiger partial charge in [-0.1, -0.05) is 13.8 Å². The normalized spacial score (nSPS) is 11.6. The van der Waals surface area contributed by atoms with Crippen LogP contribution in [0, 0.1) is 6.92 Å². The van der Waals surface area contributed by atoms with Gasteiger partial charge < -0.3 is 5.32 Å². The van der Waals surface area contributed by atoms with Gasteiger partial charge in [0.15, 0.2) is 0 Å². The highest BCUT2D eigenvalue weighted by Crippen LogP contribution is 2.20. The monoisotopic (exact) mass is 254 g/mol. The molecule has 3 nitrogen and oxygen atoms in total. The molecular weight excluding hydrogens is 232 g/mol. The third kappa shape index (κ3) is 3.80. The van der Waals surface area contributed by atoms with Gasteiger partial charge >= 0.3 is 0 Å². The van der Waals surface area contributed by atoms with Crippen LogP contribution >= 0.6 is 11.3 Å². The Labute approximate surface area is 108 Å². The van der Waals surface area contributed by atoms with E-state index in [2.05, 4.69) is 24.1 Å². The largest absolute Gasteiger partial charge is 0.346 e. The van der Waals surface area contributed by atoms with Gasteiger partial charge in [-0.15, -0.1) is 11.3 Å². The lowest BCUT2D eigenvalue weighted by molar-refractivity contribution is 0.0914. The van der Waals surface area contributed by atoms with Crippen molar-refractivity contribution in [3.8, 4) is 0 Å². The van der Waals surface area contributed by atoms with E-state index < -0.39 is 0 Å². The van der Waals surface area contributed by atoms with Gasteiger partial charge in [0.05, 0.1) is 10.7 Å². The summed E-state index contributed by atoms with van der Waals surface area (Å²) in [6, 6.07) is 0. The Kier molecular flexibility index (Phi) is 4.69. The summed E-state index contributed by atoms with van der Waals surface area (Å²) >= 11 is 1.52. The van der Waals surface area contributed by atoms with Gasteiger partial charge in [-0.05, 0) is 40.0 Å². The number of rotatable bonds is 5. The quantitative estimate of drug-likeness (QED) is 0.875. The number of aromatic nitrogens is 1. The average molecular weight is 254 g/mol. The summed E-state index contributed by atoms with van der Waals surface area (Å²) in [7, 11) is 0. The van der Waals surface area contributed by atoms with Crippen molar-refractivity contribution in [3.63, 3.8) is 0 Å². The Morgan fingerprint density at radius 1 is 1.41 bits per heavy atom. The highest BCUT2D eigenvalue weighted by Gasteiger charge is 2.22. The lowest BCUT2D eigenvalue weighted by atomic mass is 10.0. The first-order valence-electron chi connectivity index (χ1n) is 6.18. The highest BCUT2D eigenvalue weighted by molar-refractivity contribution is 7.13. The zero-order chi connectivity index (χ0) is 13.1. The number of thiazole rings is 1. The Hall–Kier alpha value is -0.900. The molecule has 0 bridgehead atoms. The standard InChI is InChI=1S/C13H22N2OS/c1-6-8-10-14-9(3)11(17-10)12(16)15-13(4,5)7-2/h6-8H2,1-5H3,(H,15,16). The Morgan fingerprint density at radius 3 is 2.59 bits per heavy atom. The molecule has 1 rings (SSSR count). The summed E-state index contributed by atoms with van der Waals surface area (Å²) in [6.07, 6.45) is 2.93. The lowest BCUT2D eigenvalue weighted by Crippen LogP contribution is -2.42. The first kappa shape index (κ1) is 14.2. The van der Waals surface area contributed by atoms with Crippen LogP contribution in [0.5, 0.6) is 0 Å².